The molecule has 2 amide bonds. The first kappa shape index (κ1) is 26.3. The van der Waals surface area contributed by atoms with Gasteiger partial charge in [0.25, 0.3) is 0 Å². The van der Waals surface area contributed by atoms with Gasteiger partial charge < -0.3 is 15.0 Å². The van der Waals surface area contributed by atoms with E-state index >= 15 is 0 Å². The highest BCUT2D eigenvalue weighted by Crippen LogP contribution is 2.24. The van der Waals surface area contributed by atoms with Gasteiger partial charge in [-0.2, -0.15) is 0 Å². The maximum absolute atomic E-state index is 13.2. The van der Waals surface area contributed by atoms with E-state index in [0.717, 1.165) is 5.56 Å². The van der Waals surface area contributed by atoms with Crippen molar-refractivity contribution >= 4 is 46.6 Å². The van der Waals surface area contributed by atoms with E-state index in [1.807, 2.05) is 20.8 Å². The number of nitrogens with zero attached hydrogens (tertiary/aromatic N) is 1. The van der Waals surface area contributed by atoms with Gasteiger partial charge in [0.1, 0.15) is 11.8 Å². The topological polar surface area (TPSA) is 58.6 Å². The number of hydrogen-bond acceptors (Lipinski definition) is 3. The highest BCUT2D eigenvalue weighted by Gasteiger charge is 2.29. The predicted molar refractivity (Wildman–Crippen MR) is 131 cm³/mol. The van der Waals surface area contributed by atoms with Crippen molar-refractivity contribution in [3.8, 4) is 5.75 Å². The summed E-state index contributed by atoms with van der Waals surface area (Å²) < 4.78 is 5.68. The number of carbonyl (C=O) groups is 2. The van der Waals surface area contributed by atoms with Gasteiger partial charge in [0, 0.05) is 34.1 Å². The van der Waals surface area contributed by atoms with E-state index in [1.165, 1.54) is 0 Å². The molecule has 1 N–H and O–H groups in total. The number of halogens is 3. The van der Waals surface area contributed by atoms with Crippen LogP contribution >= 0.6 is 34.8 Å². The van der Waals surface area contributed by atoms with E-state index in [4.69, 9.17) is 39.5 Å². The van der Waals surface area contributed by atoms with E-state index < -0.39 is 6.04 Å². The molecule has 8 heteroatoms. The van der Waals surface area contributed by atoms with Gasteiger partial charge in [-0.1, -0.05) is 47.8 Å². The summed E-state index contributed by atoms with van der Waals surface area (Å²) in [7, 11) is 0. The van der Waals surface area contributed by atoms with Gasteiger partial charge in [-0.3, -0.25) is 9.59 Å². The van der Waals surface area contributed by atoms with Gasteiger partial charge in [0.2, 0.25) is 11.8 Å². The summed E-state index contributed by atoms with van der Waals surface area (Å²) in [6, 6.07) is 11.6. The Kier molecular flexibility index (Phi) is 10.6. The Hall–Kier alpha value is -1.95. The third-order valence-corrected chi connectivity index (χ3v) is 5.63. The fourth-order valence-electron chi connectivity index (χ4n) is 3.22. The Bertz CT molecular complexity index is 904. The van der Waals surface area contributed by atoms with Crippen molar-refractivity contribution in [2.45, 2.75) is 58.7 Å². The van der Waals surface area contributed by atoms with Gasteiger partial charge in [-0.15, -0.1) is 0 Å². The maximum atomic E-state index is 13.2. The molecular formula is C24H29Cl3N2O3. The molecule has 0 heterocycles. The lowest BCUT2D eigenvalue weighted by molar-refractivity contribution is -0.141. The van der Waals surface area contributed by atoms with Gasteiger partial charge >= 0.3 is 0 Å². The molecule has 1 unspecified atom stereocenters. The van der Waals surface area contributed by atoms with E-state index in [0.29, 0.717) is 40.3 Å². The molecule has 0 fully saturated rings. The van der Waals surface area contributed by atoms with Crippen LogP contribution in [0.25, 0.3) is 0 Å². The second kappa shape index (κ2) is 12.9. The quantitative estimate of drug-likeness (QED) is 0.378. The minimum Gasteiger partial charge on any atom is -0.494 e. The molecule has 0 radical (unpaired) electrons. The predicted octanol–water partition coefficient (Wildman–Crippen LogP) is 6.14. The molecule has 5 nitrogen and oxygen atoms in total. The number of hydrogen-bond donors (Lipinski definition) is 1. The second-order valence-corrected chi connectivity index (χ2v) is 9.03. The van der Waals surface area contributed by atoms with Gasteiger partial charge in [0.05, 0.1) is 6.61 Å². The first-order valence-electron chi connectivity index (χ1n) is 10.6. The van der Waals surface area contributed by atoms with Crippen molar-refractivity contribution in [1.82, 2.24) is 10.2 Å². The first-order valence-corrected chi connectivity index (χ1v) is 11.8. The molecular weight excluding hydrogens is 471 g/mol. The highest BCUT2D eigenvalue weighted by molar-refractivity contribution is 6.35. The maximum Gasteiger partial charge on any atom is 0.243 e. The van der Waals surface area contributed by atoms with Crippen LogP contribution in [0, 0.1) is 0 Å². The summed E-state index contributed by atoms with van der Waals surface area (Å²) >= 11 is 18.2. The van der Waals surface area contributed by atoms with Crippen molar-refractivity contribution in [1.29, 1.82) is 0 Å². The molecule has 0 aliphatic carbocycles. The second-order valence-electron chi connectivity index (χ2n) is 7.75. The van der Waals surface area contributed by atoms with Crippen LogP contribution in [0.5, 0.6) is 5.75 Å². The SMILES string of the molecule is CCC(C(=O)NC(C)C)N(Cc1ccc(Cl)cc1Cl)C(=O)CCCOc1ccc(Cl)cc1. The van der Waals surface area contributed by atoms with Gasteiger partial charge in [0.15, 0.2) is 0 Å². The van der Waals surface area contributed by atoms with Crippen LogP contribution in [0.1, 0.15) is 45.6 Å². The minimum absolute atomic E-state index is 0.0274. The fraction of sp³-hybridized carbons (Fsp3) is 0.417. The van der Waals surface area contributed by atoms with Gasteiger partial charge in [-0.25, -0.2) is 0 Å². The molecule has 0 saturated carbocycles. The Morgan fingerprint density at radius 2 is 1.69 bits per heavy atom. The van der Waals surface area contributed by atoms with Crippen LogP contribution < -0.4 is 10.1 Å². The summed E-state index contributed by atoms with van der Waals surface area (Å²) in [5.41, 5.74) is 0.734. The first-order chi connectivity index (χ1) is 15.2. The van der Waals surface area contributed by atoms with Crippen molar-refractivity contribution in [3.05, 3.63) is 63.1 Å². The number of ether oxygens (including phenoxy) is 1. The van der Waals surface area contributed by atoms with Crippen LogP contribution in [0.4, 0.5) is 0 Å². The van der Waals surface area contributed by atoms with Gasteiger partial charge in [-0.05, 0) is 68.7 Å². The summed E-state index contributed by atoms with van der Waals surface area (Å²) in [6.45, 7) is 6.26. The zero-order valence-corrected chi connectivity index (χ0v) is 20.8. The Morgan fingerprint density at radius 3 is 2.28 bits per heavy atom. The molecule has 174 valence electrons. The largest absolute Gasteiger partial charge is 0.494 e. The standard InChI is InChI=1S/C24H29Cl3N2O3/c1-4-22(24(31)28-16(2)3)29(15-17-7-8-19(26)14-21(17)27)23(30)6-5-13-32-20-11-9-18(25)10-12-20/h7-12,14,16,22H,4-6,13,15H2,1-3H3,(H,28,31). The highest BCUT2D eigenvalue weighted by atomic mass is 35.5. The minimum atomic E-state index is -0.603. The normalized spacial score (nSPS) is 11.8. The lowest BCUT2D eigenvalue weighted by Gasteiger charge is -2.31. The van der Waals surface area contributed by atoms with Crippen molar-refractivity contribution in [3.63, 3.8) is 0 Å². The lowest BCUT2D eigenvalue weighted by atomic mass is 10.1. The zero-order valence-electron chi connectivity index (χ0n) is 18.5. The number of rotatable bonds is 11. The van der Waals surface area contributed by atoms with Crippen LogP contribution in [0.3, 0.4) is 0 Å². The average molecular weight is 500 g/mol. The van der Waals surface area contributed by atoms with Crippen LogP contribution in [0.15, 0.2) is 42.5 Å². The Morgan fingerprint density at radius 1 is 1.03 bits per heavy atom. The molecule has 0 aliphatic heterocycles. The number of amides is 2. The molecule has 0 saturated heterocycles. The number of benzene rings is 2. The zero-order chi connectivity index (χ0) is 23.7. The Labute approximate surface area is 205 Å². The van der Waals surface area contributed by atoms with Crippen molar-refractivity contribution in [2.75, 3.05) is 6.61 Å². The van der Waals surface area contributed by atoms with Crippen LogP contribution in [-0.2, 0) is 16.1 Å². The average Bonchev–Trinajstić information content (AvgIpc) is 2.73. The molecule has 0 aromatic heterocycles. The van der Waals surface area contributed by atoms with Crippen LogP contribution in [-0.4, -0.2) is 35.4 Å². The molecule has 0 spiro atoms. The molecule has 2 aromatic rings. The van der Waals surface area contributed by atoms with E-state index in [-0.39, 0.29) is 30.8 Å². The van der Waals surface area contributed by atoms with Crippen LogP contribution in [0.2, 0.25) is 15.1 Å². The summed E-state index contributed by atoms with van der Waals surface area (Å²) in [5.74, 6) is 0.370. The Balaban J connectivity index is 2.09. The molecule has 1 atom stereocenters. The van der Waals surface area contributed by atoms with E-state index in [9.17, 15) is 9.59 Å². The van der Waals surface area contributed by atoms with E-state index in [1.54, 1.807) is 47.4 Å². The smallest absolute Gasteiger partial charge is 0.243 e. The molecule has 32 heavy (non-hydrogen) atoms. The summed E-state index contributed by atoms with van der Waals surface area (Å²) in [5, 5.41) is 4.52. The van der Waals surface area contributed by atoms with Crippen molar-refractivity contribution in [2.24, 2.45) is 0 Å². The fourth-order valence-corrected chi connectivity index (χ4v) is 3.82. The number of carbonyl (C=O) groups excluding carboxylic acids is 2. The van der Waals surface area contributed by atoms with E-state index in [2.05, 4.69) is 5.32 Å². The monoisotopic (exact) mass is 498 g/mol. The number of nitrogens with one attached hydrogen (secondary N) is 1. The summed E-state index contributed by atoms with van der Waals surface area (Å²) in [6.07, 6.45) is 1.23. The third kappa shape index (κ3) is 8.19. The lowest BCUT2D eigenvalue weighted by Crippen LogP contribution is -2.50. The molecule has 2 aromatic carbocycles. The summed E-state index contributed by atoms with van der Waals surface area (Å²) in [4.78, 5) is 27.6. The van der Waals surface area contributed by atoms with Crippen molar-refractivity contribution < 1.29 is 14.3 Å². The molecule has 0 bridgehead atoms. The third-order valence-electron chi connectivity index (χ3n) is 4.79. The molecule has 2 rings (SSSR count). The molecule has 0 aliphatic rings.